The van der Waals surface area contributed by atoms with Crippen LogP contribution in [0, 0.1) is 5.41 Å². The highest BCUT2D eigenvalue weighted by Gasteiger charge is 2.27. The largest absolute Gasteiger partial charge is 0.333 e. The molecular formula is C9H12F2N2O. The Morgan fingerprint density at radius 3 is 2.50 bits per heavy atom. The first kappa shape index (κ1) is 10.8. The molecule has 0 spiro atoms. The summed E-state index contributed by atoms with van der Waals surface area (Å²) < 4.78 is 25.2. The van der Waals surface area contributed by atoms with Crippen molar-refractivity contribution < 1.29 is 13.6 Å². The number of Topliss-reactive ketones (excluding diaryl/α,β-unsaturated/α-hetero) is 1. The average Bonchev–Trinajstić information content (AvgIpc) is 2.48. The zero-order chi connectivity index (χ0) is 10.9. The van der Waals surface area contributed by atoms with E-state index >= 15 is 0 Å². The van der Waals surface area contributed by atoms with Crippen LogP contribution in [0.5, 0.6) is 0 Å². The Morgan fingerprint density at radius 2 is 2.07 bits per heavy atom. The summed E-state index contributed by atoms with van der Waals surface area (Å²) in [6.45, 7) is 2.26. The molecule has 0 aromatic carbocycles. The smallest absolute Gasteiger partial charge is 0.292 e. The molecule has 1 aromatic rings. The van der Waals surface area contributed by atoms with Crippen molar-refractivity contribution in [1.29, 1.82) is 0 Å². The van der Waals surface area contributed by atoms with E-state index in [0.29, 0.717) is 4.68 Å². The zero-order valence-corrected chi connectivity index (χ0v) is 8.29. The molecule has 0 fully saturated rings. The normalized spacial score (nSPS) is 12.1. The number of rotatable bonds is 2. The van der Waals surface area contributed by atoms with Gasteiger partial charge in [0.2, 0.25) is 0 Å². The fourth-order valence-electron chi connectivity index (χ4n) is 1.03. The van der Waals surface area contributed by atoms with Gasteiger partial charge in [-0.05, 0) is 6.07 Å². The van der Waals surface area contributed by atoms with E-state index in [4.69, 9.17) is 0 Å². The third-order valence-electron chi connectivity index (χ3n) is 1.77. The number of ketones is 1. The molecule has 14 heavy (non-hydrogen) atoms. The Morgan fingerprint density at radius 1 is 1.50 bits per heavy atom. The van der Waals surface area contributed by atoms with Gasteiger partial charge in [-0.3, -0.25) is 4.79 Å². The maximum atomic E-state index is 12.4. The number of nitrogens with zero attached hydrogens (tertiary/aromatic N) is 2. The van der Waals surface area contributed by atoms with Gasteiger partial charge in [-0.25, -0.2) is 4.68 Å². The standard InChI is InChI=1S/C9H12F2N2O/c1-9(2,3)7(14)6-4-5-12-13(6)8(10)11/h4-5,8H,1-3H3. The molecule has 0 N–H and O–H groups in total. The highest BCUT2D eigenvalue weighted by Crippen LogP contribution is 2.22. The molecule has 0 aliphatic carbocycles. The number of halogens is 2. The first-order chi connectivity index (χ1) is 6.34. The lowest BCUT2D eigenvalue weighted by atomic mass is 9.89. The van der Waals surface area contributed by atoms with Gasteiger partial charge in [0.25, 0.3) is 0 Å². The van der Waals surface area contributed by atoms with Crippen molar-refractivity contribution in [2.24, 2.45) is 5.41 Å². The Hall–Kier alpha value is -1.26. The maximum Gasteiger partial charge on any atom is 0.333 e. The lowest BCUT2D eigenvalue weighted by Gasteiger charge is -2.16. The topological polar surface area (TPSA) is 34.9 Å². The van der Waals surface area contributed by atoms with Crippen molar-refractivity contribution in [2.45, 2.75) is 27.3 Å². The Balaban J connectivity index is 3.08. The summed E-state index contributed by atoms with van der Waals surface area (Å²) in [7, 11) is 0. The van der Waals surface area contributed by atoms with Crippen LogP contribution >= 0.6 is 0 Å². The molecule has 1 rings (SSSR count). The van der Waals surface area contributed by atoms with E-state index in [1.165, 1.54) is 12.3 Å². The van der Waals surface area contributed by atoms with Crippen molar-refractivity contribution in [3.8, 4) is 0 Å². The van der Waals surface area contributed by atoms with Gasteiger partial charge in [0.05, 0.1) is 0 Å². The van der Waals surface area contributed by atoms with E-state index < -0.39 is 12.0 Å². The molecule has 1 heterocycles. The molecule has 78 valence electrons. The Kier molecular flexibility index (Phi) is 2.69. The van der Waals surface area contributed by atoms with Crippen LogP contribution in [-0.2, 0) is 0 Å². The van der Waals surface area contributed by atoms with E-state index in [1.807, 2.05) is 0 Å². The lowest BCUT2D eigenvalue weighted by Crippen LogP contribution is -2.24. The summed E-state index contributed by atoms with van der Waals surface area (Å²) in [5.41, 5.74) is -0.723. The van der Waals surface area contributed by atoms with Crippen LogP contribution in [0.2, 0.25) is 0 Å². The molecule has 0 saturated carbocycles. The molecule has 3 nitrogen and oxygen atoms in total. The molecular weight excluding hydrogens is 190 g/mol. The molecule has 0 amide bonds. The minimum Gasteiger partial charge on any atom is -0.292 e. The minimum absolute atomic E-state index is 0.0486. The van der Waals surface area contributed by atoms with E-state index in [-0.39, 0.29) is 11.5 Å². The minimum atomic E-state index is -2.77. The third kappa shape index (κ3) is 1.97. The van der Waals surface area contributed by atoms with Crippen LogP contribution in [0.15, 0.2) is 12.3 Å². The summed E-state index contributed by atoms with van der Waals surface area (Å²) in [5.74, 6) is -0.338. The highest BCUT2D eigenvalue weighted by atomic mass is 19.3. The van der Waals surface area contributed by atoms with Crippen LogP contribution in [0.25, 0.3) is 0 Å². The summed E-state index contributed by atoms with van der Waals surface area (Å²) in [6.07, 6.45) is 1.20. The van der Waals surface area contributed by atoms with Gasteiger partial charge in [0.1, 0.15) is 5.69 Å². The van der Waals surface area contributed by atoms with E-state index in [2.05, 4.69) is 5.10 Å². The molecule has 0 unspecified atom stereocenters. The molecule has 0 saturated heterocycles. The fourth-order valence-corrected chi connectivity index (χ4v) is 1.03. The van der Waals surface area contributed by atoms with Crippen molar-refractivity contribution in [3.63, 3.8) is 0 Å². The second-order valence-electron chi connectivity index (χ2n) is 4.02. The number of aromatic nitrogens is 2. The van der Waals surface area contributed by atoms with E-state index in [9.17, 15) is 13.6 Å². The second-order valence-corrected chi connectivity index (χ2v) is 4.02. The van der Waals surface area contributed by atoms with Crippen LogP contribution in [0.3, 0.4) is 0 Å². The van der Waals surface area contributed by atoms with Gasteiger partial charge < -0.3 is 0 Å². The van der Waals surface area contributed by atoms with Gasteiger partial charge in [-0.2, -0.15) is 13.9 Å². The van der Waals surface area contributed by atoms with Gasteiger partial charge in [-0.1, -0.05) is 20.8 Å². The van der Waals surface area contributed by atoms with Crippen molar-refractivity contribution in [3.05, 3.63) is 18.0 Å². The highest BCUT2D eigenvalue weighted by molar-refractivity contribution is 5.98. The molecule has 0 aliphatic heterocycles. The number of hydrogen-bond acceptors (Lipinski definition) is 2. The summed E-state index contributed by atoms with van der Waals surface area (Å²) in [5, 5.41) is 3.40. The molecule has 0 radical (unpaired) electrons. The van der Waals surface area contributed by atoms with Crippen molar-refractivity contribution in [2.75, 3.05) is 0 Å². The number of hydrogen-bond donors (Lipinski definition) is 0. The van der Waals surface area contributed by atoms with Crippen molar-refractivity contribution >= 4 is 5.78 Å². The van der Waals surface area contributed by atoms with Crippen LogP contribution < -0.4 is 0 Å². The maximum absolute atomic E-state index is 12.4. The average molecular weight is 202 g/mol. The quantitative estimate of drug-likeness (QED) is 0.690. The Labute approximate surface area is 80.7 Å². The first-order valence-corrected chi connectivity index (χ1v) is 4.20. The number of alkyl halides is 2. The monoisotopic (exact) mass is 202 g/mol. The molecule has 0 atom stereocenters. The van der Waals surface area contributed by atoms with Crippen molar-refractivity contribution in [1.82, 2.24) is 9.78 Å². The van der Waals surface area contributed by atoms with Crippen LogP contribution in [0.4, 0.5) is 8.78 Å². The van der Waals surface area contributed by atoms with Gasteiger partial charge in [0, 0.05) is 11.6 Å². The van der Waals surface area contributed by atoms with Crippen LogP contribution in [-0.4, -0.2) is 15.6 Å². The molecule has 1 aromatic heterocycles. The van der Waals surface area contributed by atoms with E-state index in [1.54, 1.807) is 20.8 Å². The first-order valence-electron chi connectivity index (χ1n) is 4.20. The second kappa shape index (κ2) is 3.48. The molecule has 0 bridgehead atoms. The zero-order valence-electron chi connectivity index (χ0n) is 8.29. The summed E-state index contributed by atoms with van der Waals surface area (Å²) in [6, 6.07) is 1.31. The Bertz CT molecular complexity index is 339. The summed E-state index contributed by atoms with van der Waals surface area (Å²) in [4.78, 5) is 11.7. The lowest BCUT2D eigenvalue weighted by molar-refractivity contribution is 0.0492. The third-order valence-corrected chi connectivity index (χ3v) is 1.77. The molecule has 5 heteroatoms. The van der Waals surface area contributed by atoms with Gasteiger partial charge in [0.15, 0.2) is 5.78 Å². The number of carbonyl (C=O) groups excluding carboxylic acids is 1. The van der Waals surface area contributed by atoms with E-state index in [0.717, 1.165) is 0 Å². The predicted molar refractivity (Wildman–Crippen MR) is 47.3 cm³/mol. The fraction of sp³-hybridized carbons (Fsp3) is 0.556. The van der Waals surface area contributed by atoms with Gasteiger partial charge in [-0.15, -0.1) is 0 Å². The number of carbonyl (C=O) groups is 1. The molecule has 0 aliphatic rings. The summed E-state index contributed by atoms with van der Waals surface area (Å²) >= 11 is 0. The SMILES string of the molecule is CC(C)(C)C(=O)c1ccnn1C(F)F. The van der Waals surface area contributed by atoms with Crippen LogP contribution in [0.1, 0.15) is 37.8 Å². The van der Waals surface area contributed by atoms with Gasteiger partial charge >= 0.3 is 6.55 Å². The predicted octanol–water partition coefficient (Wildman–Crippen LogP) is 2.51.